The zero-order valence-corrected chi connectivity index (χ0v) is 23.2. The molecule has 0 aliphatic heterocycles. The number of nitrogens with one attached hydrogen (secondary N) is 3. The van der Waals surface area contributed by atoms with Gasteiger partial charge in [-0.1, -0.05) is 40.0 Å². The summed E-state index contributed by atoms with van der Waals surface area (Å²) >= 11 is 0. The Labute approximate surface area is 216 Å². The summed E-state index contributed by atoms with van der Waals surface area (Å²) in [6.07, 6.45) is 4.49. The van der Waals surface area contributed by atoms with Gasteiger partial charge in [0.2, 0.25) is 23.6 Å². The lowest BCUT2D eigenvalue weighted by Gasteiger charge is -2.23. The zero-order chi connectivity index (χ0) is 28.0. The number of carbonyl (C=O) groups excluding carboxylic acids is 5. The van der Waals surface area contributed by atoms with E-state index in [0.717, 1.165) is 25.7 Å². The topological polar surface area (TPSA) is 160 Å². The van der Waals surface area contributed by atoms with Crippen LogP contribution in [0.25, 0.3) is 0 Å². The molecule has 0 unspecified atom stereocenters. The Morgan fingerprint density at radius 3 is 1.75 bits per heavy atom. The van der Waals surface area contributed by atoms with E-state index in [1.165, 1.54) is 4.90 Å². The Morgan fingerprint density at radius 1 is 0.750 bits per heavy atom. The molecule has 0 atom stereocenters. The van der Waals surface area contributed by atoms with Crippen LogP contribution in [-0.2, 0) is 23.9 Å². The average Bonchev–Trinajstić information content (AvgIpc) is 2.78. The van der Waals surface area contributed by atoms with Gasteiger partial charge >= 0.3 is 6.09 Å². The highest BCUT2D eigenvalue weighted by atomic mass is 16.6. The van der Waals surface area contributed by atoms with E-state index in [2.05, 4.69) is 22.9 Å². The number of ether oxygens (including phenoxy) is 1. The molecule has 5 amide bonds. The number of carbonyl (C=O) groups is 5. The van der Waals surface area contributed by atoms with Crippen LogP contribution in [0.3, 0.4) is 0 Å². The zero-order valence-electron chi connectivity index (χ0n) is 23.2. The smallest absolute Gasteiger partial charge is 0.407 e. The largest absolute Gasteiger partial charge is 0.444 e. The lowest BCUT2D eigenvalue weighted by atomic mass is 10.2. The van der Waals surface area contributed by atoms with Gasteiger partial charge in [-0.3, -0.25) is 19.2 Å². The van der Waals surface area contributed by atoms with Gasteiger partial charge in [0.15, 0.2) is 0 Å². The summed E-state index contributed by atoms with van der Waals surface area (Å²) in [5.41, 5.74) is 4.43. The molecule has 0 aromatic heterocycles. The van der Waals surface area contributed by atoms with E-state index >= 15 is 0 Å². The first-order valence-electron chi connectivity index (χ1n) is 13.0. The monoisotopic (exact) mass is 515 g/mol. The number of nitrogens with zero attached hydrogens (tertiary/aromatic N) is 1. The van der Waals surface area contributed by atoms with Gasteiger partial charge in [-0.15, -0.1) is 0 Å². The van der Waals surface area contributed by atoms with Gasteiger partial charge in [0, 0.05) is 32.5 Å². The van der Waals surface area contributed by atoms with E-state index in [9.17, 15) is 24.0 Å². The molecule has 0 heterocycles. The summed E-state index contributed by atoms with van der Waals surface area (Å²) < 4.78 is 5.13. The lowest BCUT2D eigenvalue weighted by Crippen LogP contribution is -2.46. The Bertz CT molecular complexity index is 664. The van der Waals surface area contributed by atoms with Gasteiger partial charge < -0.3 is 31.3 Å². The number of nitrogens with two attached hydrogens (primary N) is 1. The minimum Gasteiger partial charge on any atom is -0.444 e. The van der Waals surface area contributed by atoms with Crippen molar-refractivity contribution in [3.63, 3.8) is 0 Å². The summed E-state index contributed by atoms with van der Waals surface area (Å²) in [6.45, 7) is 11.7. The lowest BCUT2D eigenvalue weighted by molar-refractivity contribution is -0.139. The normalized spacial score (nSPS) is 10.4. The van der Waals surface area contributed by atoms with Crippen molar-refractivity contribution in [1.82, 2.24) is 20.9 Å². The first-order chi connectivity index (χ1) is 16.9. The highest BCUT2D eigenvalue weighted by Gasteiger charge is 2.21. The minimum atomic E-state index is -0.659. The summed E-state index contributed by atoms with van der Waals surface area (Å²) in [6, 6.07) is 0. The van der Waals surface area contributed by atoms with Crippen LogP contribution >= 0.6 is 0 Å². The number of hydrogen-bond donors (Lipinski definition) is 4. The van der Waals surface area contributed by atoms with Crippen molar-refractivity contribution in [1.29, 1.82) is 0 Å². The molecule has 210 valence electrons. The van der Waals surface area contributed by atoms with Crippen LogP contribution in [-0.4, -0.2) is 72.9 Å². The van der Waals surface area contributed by atoms with Crippen LogP contribution in [0.5, 0.6) is 0 Å². The molecule has 0 radical (unpaired) electrons. The second kappa shape index (κ2) is 21.4. The van der Waals surface area contributed by atoms with Crippen molar-refractivity contribution in [3.05, 3.63) is 0 Å². The molecule has 0 rings (SSSR count). The molecule has 36 heavy (non-hydrogen) atoms. The third-order valence-corrected chi connectivity index (χ3v) is 4.55. The number of rotatable bonds is 17. The van der Waals surface area contributed by atoms with Crippen LogP contribution in [0, 0.1) is 0 Å². The van der Waals surface area contributed by atoms with Crippen molar-refractivity contribution in [3.8, 4) is 0 Å². The van der Waals surface area contributed by atoms with E-state index < -0.39 is 17.6 Å². The van der Waals surface area contributed by atoms with Gasteiger partial charge in [-0.25, -0.2) is 4.79 Å². The molecular formula is C25H49N5O6. The summed E-state index contributed by atoms with van der Waals surface area (Å²) in [4.78, 5) is 60.9. The first kappa shape index (κ1) is 35.3. The van der Waals surface area contributed by atoms with Crippen LogP contribution in [0.4, 0.5) is 4.79 Å². The Kier molecular flexibility index (Phi) is 21.0. The van der Waals surface area contributed by atoms with Gasteiger partial charge in [0.05, 0.1) is 0 Å². The van der Waals surface area contributed by atoms with Crippen LogP contribution in [0.1, 0.15) is 92.9 Å². The molecule has 0 saturated heterocycles. The summed E-state index contributed by atoms with van der Waals surface area (Å²) in [5.74, 6) is -1.52. The predicted molar refractivity (Wildman–Crippen MR) is 140 cm³/mol. The van der Waals surface area contributed by atoms with Crippen LogP contribution in [0.15, 0.2) is 0 Å². The average molecular weight is 516 g/mol. The van der Waals surface area contributed by atoms with Crippen LogP contribution in [0.2, 0.25) is 0 Å². The Morgan fingerprint density at radius 2 is 1.28 bits per heavy atom. The third-order valence-electron chi connectivity index (χ3n) is 4.55. The molecule has 5 N–H and O–H groups in total. The molecule has 0 spiro atoms. The highest BCUT2D eigenvalue weighted by molar-refractivity contribution is 5.89. The maximum Gasteiger partial charge on any atom is 0.407 e. The van der Waals surface area contributed by atoms with Crippen molar-refractivity contribution in [2.24, 2.45) is 5.73 Å². The Balaban J connectivity index is 0. The molecule has 0 fully saturated rings. The molecule has 0 aromatic rings. The molecule has 0 aromatic carbocycles. The van der Waals surface area contributed by atoms with Crippen molar-refractivity contribution >= 4 is 29.7 Å². The van der Waals surface area contributed by atoms with Gasteiger partial charge in [0.1, 0.15) is 18.7 Å². The third kappa shape index (κ3) is 22.9. The molecule has 0 bridgehead atoms. The quantitative estimate of drug-likeness (QED) is 0.217. The van der Waals surface area contributed by atoms with Crippen molar-refractivity contribution in [2.75, 3.05) is 32.7 Å². The fourth-order valence-electron chi connectivity index (χ4n) is 2.87. The first-order valence-corrected chi connectivity index (χ1v) is 13.0. The number of alkyl carbamates (subject to hydrolysis) is 1. The van der Waals surface area contributed by atoms with Gasteiger partial charge in [-0.05, 0) is 40.0 Å². The van der Waals surface area contributed by atoms with E-state index in [1.54, 1.807) is 20.8 Å². The molecule has 0 saturated carbocycles. The number of unbranched alkanes of at least 4 members (excludes halogenated alkanes) is 4. The molecule has 11 nitrogen and oxygen atoms in total. The van der Waals surface area contributed by atoms with Crippen molar-refractivity contribution in [2.45, 2.75) is 98.5 Å². The summed E-state index contributed by atoms with van der Waals surface area (Å²) in [5, 5.41) is 7.98. The highest BCUT2D eigenvalue weighted by Crippen LogP contribution is 2.06. The molecule has 0 aliphatic carbocycles. The predicted octanol–water partition coefficient (Wildman–Crippen LogP) is 2.22. The second-order valence-corrected chi connectivity index (χ2v) is 9.11. The number of primary amides is 1. The van der Waals surface area contributed by atoms with E-state index in [-0.39, 0.29) is 43.8 Å². The number of amides is 5. The minimum absolute atomic E-state index is 0.0177. The van der Waals surface area contributed by atoms with Gasteiger partial charge in [0.25, 0.3) is 0 Å². The Hall–Kier alpha value is -2.85. The second-order valence-electron chi connectivity index (χ2n) is 9.11. The van der Waals surface area contributed by atoms with E-state index in [1.807, 2.05) is 13.8 Å². The molecular weight excluding hydrogens is 466 g/mol. The van der Waals surface area contributed by atoms with Gasteiger partial charge in [-0.2, -0.15) is 0 Å². The fraction of sp³-hybridized carbons (Fsp3) is 0.800. The molecule has 11 heteroatoms. The van der Waals surface area contributed by atoms with Crippen molar-refractivity contribution < 1.29 is 28.7 Å². The SMILES string of the molecule is CC.CCCCCNC(=O)CN(CC(=O)NCCCCCC(N)=O)C(=O)CCNC(=O)OC(C)(C)C. The maximum absolute atomic E-state index is 12.7. The van der Waals surface area contributed by atoms with E-state index in [0.29, 0.717) is 32.4 Å². The van der Waals surface area contributed by atoms with E-state index in [4.69, 9.17) is 10.5 Å². The fourth-order valence-corrected chi connectivity index (χ4v) is 2.87. The standard InChI is InChI=1S/C23H43N5O6.C2H6/c1-5-6-9-13-25-19(30)16-28(17-20(31)26-14-10-7-8-11-18(24)29)21(32)12-15-27-22(33)34-23(2,3)4;1-2/h5-17H2,1-4H3,(H2,24,29)(H,25,30)(H,26,31)(H,27,33);1-2H3. The number of hydrogen-bond acceptors (Lipinski definition) is 6. The maximum atomic E-state index is 12.7. The van der Waals surface area contributed by atoms with Crippen LogP contribution < -0.4 is 21.7 Å². The summed E-state index contributed by atoms with van der Waals surface area (Å²) in [7, 11) is 0. The molecule has 0 aliphatic rings.